The molecule has 0 bridgehead atoms. The summed E-state index contributed by atoms with van der Waals surface area (Å²) in [7, 11) is 0. The molecule has 1 aromatic carbocycles. The molecule has 0 spiro atoms. The summed E-state index contributed by atoms with van der Waals surface area (Å²) in [6.07, 6.45) is -0.731. The van der Waals surface area contributed by atoms with Crippen molar-refractivity contribution < 1.29 is 19.0 Å². The number of amides is 1. The first-order valence-corrected chi connectivity index (χ1v) is 7.35. The summed E-state index contributed by atoms with van der Waals surface area (Å²) in [5.41, 5.74) is 1.16. The fourth-order valence-corrected chi connectivity index (χ4v) is 2.25. The van der Waals surface area contributed by atoms with Crippen LogP contribution in [0.3, 0.4) is 0 Å². The van der Waals surface area contributed by atoms with Crippen molar-refractivity contribution in [3.05, 3.63) is 24.0 Å². The number of carbonyl (C=O) groups is 1. The van der Waals surface area contributed by atoms with Crippen LogP contribution in [0.4, 0.5) is 15.8 Å². The van der Waals surface area contributed by atoms with Gasteiger partial charge >= 0.3 is 0 Å². The van der Waals surface area contributed by atoms with Crippen molar-refractivity contribution in [1.82, 2.24) is 5.32 Å². The molecule has 1 fully saturated rings. The maximum absolute atomic E-state index is 14.2. The van der Waals surface area contributed by atoms with E-state index < -0.39 is 6.10 Å². The zero-order chi connectivity index (χ0) is 15.9. The Labute approximate surface area is 129 Å². The predicted octanol–water partition coefficient (Wildman–Crippen LogP) is 0.571. The third-order valence-electron chi connectivity index (χ3n) is 3.43. The molecule has 1 atom stereocenters. The number of nitrogens with one attached hydrogen (secondary N) is 2. The first kappa shape index (κ1) is 16.5. The molecule has 3 N–H and O–H groups in total. The number of aliphatic hydroxyl groups is 1. The van der Waals surface area contributed by atoms with Crippen LogP contribution in [0.5, 0.6) is 0 Å². The second kappa shape index (κ2) is 7.95. The number of hydrogen-bond acceptors (Lipinski definition) is 5. The van der Waals surface area contributed by atoms with Gasteiger partial charge in [0.25, 0.3) is 0 Å². The summed E-state index contributed by atoms with van der Waals surface area (Å²) in [5, 5.41) is 15.2. The van der Waals surface area contributed by atoms with Gasteiger partial charge in [-0.15, -0.1) is 0 Å². The average Bonchev–Trinajstić information content (AvgIpc) is 2.52. The van der Waals surface area contributed by atoms with Gasteiger partial charge in [-0.3, -0.25) is 4.79 Å². The van der Waals surface area contributed by atoms with Crippen LogP contribution in [-0.4, -0.2) is 56.5 Å². The monoisotopic (exact) mass is 311 g/mol. The summed E-state index contributed by atoms with van der Waals surface area (Å²) in [6, 6.07) is 4.91. The van der Waals surface area contributed by atoms with E-state index in [1.165, 1.54) is 13.0 Å². The Kier molecular flexibility index (Phi) is 5.97. The van der Waals surface area contributed by atoms with E-state index in [4.69, 9.17) is 4.74 Å². The van der Waals surface area contributed by atoms with Crippen LogP contribution in [0, 0.1) is 5.82 Å². The Morgan fingerprint density at radius 3 is 2.77 bits per heavy atom. The predicted molar refractivity (Wildman–Crippen MR) is 82.6 cm³/mol. The molecule has 1 aliphatic heterocycles. The van der Waals surface area contributed by atoms with Crippen LogP contribution >= 0.6 is 0 Å². The van der Waals surface area contributed by atoms with E-state index in [1.807, 2.05) is 4.90 Å². The topological polar surface area (TPSA) is 73.8 Å². The highest BCUT2D eigenvalue weighted by molar-refractivity contribution is 5.72. The summed E-state index contributed by atoms with van der Waals surface area (Å²) < 4.78 is 19.4. The van der Waals surface area contributed by atoms with Gasteiger partial charge in [-0.25, -0.2) is 4.39 Å². The molecular formula is C15H22FN3O3. The molecule has 1 saturated heterocycles. The van der Waals surface area contributed by atoms with E-state index in [1.54, 1.807) is 12.1 Å². The van der Waals surface area contributed by atoms with Gasteiger partial charge in [-0.2, -0.15) is 0 Å². The standard InChI is InChI=1S/C15H22FN3O3/c1-11(20)17-9-13(21)10-18-12-2-3-15(14(16)8-12)19-4-6-22-7-5-19/h2-3,8,13,18,21H,4-7,9-10H2,1H3,(H,17,20). The van der Waals surface area contributed by atoms with Crippen LogP contribution in [-0.2, 0) is 9.53 Å². The molecule has 7 heteroatoms. The number of nitrogens with zero attached hydrogens (tertiary/aromatic N) is 1. The number of morpholine rings is 1. The fourth-order valence-electron chi connectivity index (χ4n) is 2.25. The highest BCUT2D eigenvalue weighted by Gasteiger charge is 2.15. The van der Waals surface area contributed by atoms with Gasteiger partial charge < -0.3 is 25.4 Å². The van der Waals surface area contributed by atoms with Gasteiger partial charge in [-0.05, 0) is 18.2 Å². The van der Waals surface area contributed by atoms with Crippen LogP contribution in [0.25, 0.3) is 0 Å². The summed E-state index contributed by atoms with van der Waals surface area (Å²) >= 11 is 0. The maximum Gasteiger partial charge on any atom is 0.216 e. The summed E-state index contributed by atoms with van der Waals surface area (Å²) in [6.45, 7) is 4.36. The van der Waals surface area contributed by atoms with E-state index in [2.05, 4.69) is 10.6 Å². The second-order valence-electron chi connectivity index (χ2n) is 5.24. The van der Waals surface area contributed by atoms with Gasteiger partial charge in [0, 0.05) is 38.8 Å². The summed E-state index contributed by atoms with van der Waals surface area (Å²) in [4.78, 5) is 12.7. The molecule has 0 aromatic heterocycles. The van der Waals surface area contributed by atoms with Gasteiger partial charge in [0.1, 0.15) is 5.82 Å². The van der Waals surface area contributed by atoms with Crippen molar-refractivity contribution in [3.8, 4) is 0 Å². The first-order valence-electron chi connectivity index (χ1n) is 7.35. The normalized spacial score (nSPS) is 16.2. The number of rotatable bonds is 6. The highest BCUT2D eigenvalue weighted by atomic mass is 19.1. The molecule has 0 saturated carbocycles. The zero-order valence-corrected chi connectivity index (χ0v) is 12.6. The molecule has 1 unspecified atom stereocenters. The molecule has 0 aliphatic carbocycles. The van der Waals surface area contributed by atoms with Crippen molar-refractivity contribution in [2.75, 3.05) is 49.6 Å². The maximum atomic E-state index is 14.2. The molecule has 122 valence electrons. The minimum atomic E-state index is -0.731. The number of halogens is 1. The van der Waals surface area contributed by atoms with E-state index in [0.29, 0.717) is 37.7 Å². The Morgan fingerprint density at radius 1 is 1.41 bits per heavy atom. The zero-order valence-electron chi connectivity index (χ0n) is 12.6. The minimum absolute atomic E-state index is 0.163. The lowest BCUT2D eigenvalue weighted by Gasteiger charge is -2.29. The molecule has 22 heavy (non-hydrogen) atoms. The minimum Gasteiger partial charge on any atom is -0.389 e. The van der Waals surface area contributed by atoms with Gasteiger partial charge in [0.05, 0.1) is 25.0 Å². The Hall–Kier alpha value is -1.86. The van der Waals surface area contributed by atoms with Crippen LogP contribution in [0.1, 0.15) is 6.92 Å². The molecule has 6 nitrogen and oxygen atoms in total. The quantitative estimate of drug-likeness (QED) is 0.716. The number of aliphatic hydroxyl groups excluding tert-OH is 1. The van der Waals surface area contributed by atoms with Crippen molar-refractivity contribution in [2.45, 2.75) is 13.0 Å². The molecule has 2 rings (SSSR count). The van der Waals surface area contributed by atoms with E-state index >= 15 is 0 Å². The fraction of sp³-hybridized carbons (Fsp3) is 0.533. The van der Waals surface area contributed by atoms with Crippen LogP contribution in [0.2, 0.25) is 0 Å². The largest absolute Gasteiger partial charge is 0.389 e. The van der Waals surface area contributed by atoms with Crippen molar-refractivity contribution in [1.29, 1.82) is 0 Å². The number of ether oxygens (including phenoxy) is 1. The lowest BCUT2D eigenvalue weighted by atomic mass is 10.2. The SMILES string of the molecule is CC(=O)NCC(O)CNc1ccc(N2CCOCC2)c(F)c1. The second-order valence-corrected chi connectivity index (χ2v) is 5.24. The highest BCUT2D eigenvalue weighted by Crippen LogP contribution is 2.23. The number of hydrogen-bond donors (Lipinski definition) is 3. The Morgan fingerprint density at radius 2 is 2.14 bits per heavy atom. The molecule has 1 aromatic rings. The van der Waals surface area contributed by atoms with Crippen LogP contribution < -0.4 is 15.5 Å². The third kappa shape index (κ3) is 4.85. The van der Waals surface area contributed by atoms with Gasteiger partial charge in [0.15, 0.2) is 0 Å². The van der Waals surface area contributed by atoms with Gasteiger partial charge in [-0.1, -0.05) is 0 Å². The van der Waals surface area contributed by atoms with Crippen molar-refractivity contribution in [2.24, 2.45) is 0 Å². The molecular weight excluding hydrogens is 289 g/mol. The number of benzene rings is 1. The average molecular weight is 311 g/mol. The van der Waals surface area contributed by atoms with E-state index in [9.17, 15) is 14.3 Å². The number of anilines is 2. The molecule has 1 aliphatic rings. The summed E-state index contributed by atoms with van der Waals surface area (Å²) in [5.74, 6) is -0.497. The Bertz CT molecular complexity index is 507. The smallest absolute Gasteiger partial charge is 0.216 e. The first-order chi connectivity index (χ1) is 10.6. The van der Waals surface area contributed by atoms with Gasteiger partial charge in [0.2, 0.25) is 5.91 Å². The van der Waals surface area contributed by atoms with Crippen LogP contribution in [0.15, 0.2) is 18.2 Å². The van der Waals surface area contributed by atoms with Crippen molar-refractivity contribution >= 4 is 17.3 Å². The lowest BCUT2D eigenvalue weighted by molar-refractivity contribution is -0.119. The van der Waals surface area contributed by atoms with E-state index in [-0.39, 0.29) is 24.8 Å². The van der Waals surface area contributed by atoms with E-state index in [0.717, 1.165) is 0 Å². The Balaban J connectivity index is 1.87. The van der Waals surface area contributed by atoms with Crippen molar-refractivity contribution in [3.63, 3.8) is 0 Å². The molecule has 1 heterocycles. The molecule has 0 radical (unpaired) electrons. The lowest BCUT2D eigenvalue weighted by Crippen LogP contribution is -2.36. The number of carbonyl (C=O) groups excluding carboxylic acids is 1. The molecule has 1 amide bonds. The third-order valence-corrected chi connectivity index (χ3v) is 3.43.